The molecule has 0 spiro atoms. The van der Waals surface area contributed by atoms with Gasteiger partial charge in [0.15, 0.2) is 15.8 Å². The van der Waals surface area contributed by atoms with Crippen LogP contribution in [0.4, 0.5) is 0 Å². The summed E-state index contributed by atoms with van der Waals surface area (Å²) in [6.45, 7) is 7.53. The van der Waals surface area contributed by atoms with Gasteiger partial charge in [0, 0.05) is 28.6 Å². The first kappa shape index (κ1) is 21.6. The van der Waals surface area contributed by atoms with Crippen molar-refractivity contribution < 1.29 is 8.42 Å². The highest BCUT2D eigenvalue weighted by atomic mass is 127. The molecule has 1 rings (SSSR count). The first-order valence-corrected chi connectivity index (χ1v) is 9.94. The molecule has 0 aliphatic rings. The van der Waals surface area contributed by atoms with Crippen molar-refractivity contribution in [3.63, 3.8) is 0 Å². The van der Waals surface area contributed by atoms with Crippen molar-refractivity contribution in [2.75, 3.05) is 24.6 Å². The molecule has 0 unspecified atom stereocenters. The number of thiophene rings is 1. The first-order valence-electron chi connectivity index (χ1n) is 7.30. The molecule has 0 aromatic carbocycles. The number of halogens is 1. The molecule has 0 atom stereocenters. The molecular formula is C14H26IN3O2S2. The van der Waals surface area contributed by atoms with Crippen LogP contribution in [0.1, 0.15) is 30.5 Å². The van der Waals surface area contributed by atoms with Crippen molar-refractivity contribution in [3.8, 4) is 0 Å². The predicted octanol–water partition coefficient (Wildman–Crippen LogP) is 2.42. The molecule has 128 valence electrons. The van der Waals surface area contributed by atoms with Crippen LogP contribution in [0.25, 0.3) is 0 Å². The molecule has 0 aliphatic heterocycles. The van der Waals surface area contributed by atoms with Crippen LogP contribution in [-0.4, -0.2) is 39.0 Å². The maximum atomic E-state index is 11.5. The fraction of sp³-hybridized carbons (Fsp3) is 0.643. The van der Waals surface area contributed by atoms with Crippen LogP contribution < -0.4 is 10.6 Å². The summed E-state index contributed by atoms with van der Waals surface area (Å²) in [5, 5.41) is 6.19. The highest BCUT2D eigenvalue weighted by Gasteiger charge is 2.07. The maximum absolute atomic E-state index is 11.5. The Kier molecular flexibility index (Phi) is 11.0. The molecule has 0 amide bonds. The Balaban J connectivity index is 0.00000441. The molecule has 0 radical (unpaired) electrons. The average Bonchev–Trinajstić information content (AvgIpc) is 2.92. The Labute approximate surface area is 154 Å². The van der Waals surface area contributed by atoms with Crippen LogP contribution in [0.2, 0.25) is 0 Å². The van der Waals surface area contributed by atoms with Gasteiger partial charge in [0.2, 0.25) is 0 Å². The van der Waals surface area contributed by atoms with Crippen molar-refractivity contribution in [2.24, 2.45) is 4.99 Å². The molecule has 0 fully saturated rings. The quantitative estimate of drug-likeness (QED) is 0.356. The number of aliphatic imine (C=N–C) groups is 1. The Morgan fingerprint density at radius 1 is 1.18 bits per heavy atom. The lowest BCUT2D eigenvalue weighted by molar-refractivity contribution is 0.595. The van der Waals surface area contributed by atoms with Gasteiger partial charge < -0.3 is 10.6 Å². The molecular weight excluding hydrogens is 433 g/mol. The third-order valence-corrected chi connectivity index (χ3v) is 5.87. The minimum Gasteiger partial charge on any atom is -0.357 e. The minimum atomic E-state index is -2.94. The minimum absolute atomic E-state index is 0. The summed E-state index contributed by atoms with van der Waals surface area (Å²) in [5.41, 5.74) is 0. The number of hydrogen-bond donors (Lipinski definition) is 2. The second kappa shape index (κ2) is 11.2. The molecule has 0 aliphatic carbocycles. The molecule has 22 heavy (non-hydrogen) atoms. The molecule has 8 heteroatoms. The first-order chi connectivity index (χ1) is 10.0. The second-order valence-electron chi connectivity index (χ2n) is 4.58. The van der Waals surface area contributed by atoms with E-state index in [0.717, 1.165) is 13.0 Å². The van der Waals surface area contributed by atoms with E-state index in [0.29, 0.717) is 19.0 Å². The summed E-state index contributed by atoms with van der Waals surface area (Å²) in [5.74, 6) is 0.972. The number of aryl methyl sites for hydroxylation is 1. The standard InChI is InChI=1S/C14H25N3O2S2.HI/c1-4-12-7-8-13(20-12)11-17-14(15-5-2)16-9-10-21(18,19)6-3;/h7-8H,4-6,9-11H2,1-3H3,(H2,15,16,17);1H. The molecule has 1 aromatic heterocycles. The Hall–Kier alpha value is -0.350. The molecule has 0 saturated heterocycles. The zero-order chi connectivity index (χ0) is 15.7. The fourth-order valence-corrected chi connectivity index (χ4v) is 3.25. The lowest BCUT2D eigenvalue weighted by Gasteiger charge is -2.10. The summed E-state index contributed by atoms with van der Waals surface area (Å²) >= 11 is 1.77. The number of rotatable bonds is 8. The van der Waals surface area contributed by atoms with E-state index in [-0.39, 0.29) is 35.5 Å². The van der Waals surface area contributed by atoms with E-state index in [9.17, 15) is 8.42 Å². The number of guanidine groups is 1. The van der Waals surface area contributed by atoms with Crippen LogP contribution in [-0.2, 0) is 22.8 Å². The van der Waals surface area contributed by atoms with E-state index < -0.39 is 9.84 Å². The Bertz CT molecular complexity index is 556. The fourth-order valence-electron chi connectivity index (χ4n) is 1.67. The number of nitrogens with one attached hydrogen (secondary N) is 2. The highest BCUT2D eigenvalue weighted by molar-refractivity contribution is 14.0. The summed E-state index contributed by atoms with van der Waals surface area (Å²) in [4.78, 5) is 7.05. The highest BCUT2D eigenvalue weighted by Crippen LogP contribution is 2.17. The Morgan fingerprint density at radius 2 is 1.86 bits per heavy atom. The van der Waals surface area contributed by atoms with Crippen LogP contribution in [0.15, 0.2) is 17.1 Å². The molecule has 0 bridgehead atoms. The summed E-state index contributed by atoms with van der Waals surface area (Å²) < 4.78 is 22.9. The van der Waals surface area contributed by atoms with Crippen molar-refractivity contribution in [3.05, 3.63) is 21.9 Å². The number of nitrogens with zero attached hydrogens (tertiary/aromatic N) is 1. The van der Waals surface area contributed by atoms with E-state index in [2.05, 4.69) is 34.7 Å². The largest absolute Gasteiger partial charge is 0.357 e. The van der Waals surface area contributed by atoms with E-state index >= 15 is 0 Å². The summed E-state index contributed by atoms with van der Waals surface area (Å²) in [6.07, 6.45) is 1.04. The van der Waals surface area contributed by atoms with Gasteiger partial charge in [-0.25, -0.2) is 13.4 Å². The lowest BCUT2D eigenvalue weighted by atomic mass is 10.4. The van der Waals surface area contributed by atoms with E-state index in [1.165, 1.54) is 9.75 Å². The molecule has 1 heterocycles. The SMILES string of the molecule is CCNC(=NCc1ccc(CC)s1)NCCS(=O)(=O)CC.I. The third-order valence-electron chi connectivity index (χ3n) is 2.95. The topological polar surface area (TPSA) is 70.6 Å². The van der Waals surface area contributed by atoms with Gasteiger partial charge in [-0.1, -0.05) is 13.8 Å². The lowest BCUT2D eigenvalue weighted by Crippen LogP contribution is -2.39. The van der Waals surface area contributed by atoms with Gasteiger partial charge in [-0.15, -0.1) is 35.3 Å². The molecule has 5 nitrogen and oxygen atoms in total. The second-order valence-corrected chi connectivity index (χ2v) is 8.31. The summed E-state index contributed by atoms with van der Waals surface area (Å²) in [6, 6.07) is 4.22. The molecule has 2 N–H and O–H groups in total. The Morgan fingerprint density at radius 3 is 2.41 bits per heavy atom. The normalized spacial score (nSPS) is 11.9. The summed E-state index contributed by atoms with van der Waals surface area (Å²) in [7, 11) is -2.94. The van der Waals surface area contributed by atoms with Gasteiger partial charge in [0.1, 0.15) is 0 Å². The zero-order valence-electron chi connectivity index (χ0n) is 13.4. The zero-order valence-corrected chi connectivity index (χ0v) is 17.3. The number of sulfone groups is 1. The molecule has 0 saturated carbocycles. The van der Waals surface area contributed by atoms with Crippen molar-refractivity contribution >= 4 is 51.1 Å². The van der Waals surface area contributed by atoms with Crippen LogP contribution in [0.5, 0.6) is 0 Å². The molecule has 1 aromatic rings. The van der Waals surface area contributed by atoms with Crippen LogP contribution in [0, 0.1) is 0 Å². The average molecular weight is 459 g/mol. The van der Waals surface area contributed by atoms with Gasteiger partial charge in [-0.3, -0.25) is 0 Å². The van der Waals surface area contributed by atoms with Gasteiger partial charge in [-0.2, -0.15) is 0 Å². The smallest absolute Gasteiger partial charge is 0.191 e. The number of hydrogen-bond acceptors (Lipinski definition) is 4. The van der Waals surface area contributed by atoms with Gasteiger partial charge in [0.25, 0.3) is 0 Å². The monoisotopic (exact) mass is 459 g/mol. The van der Waals surface area contributed by atoms with Crippen molar-refractivity contribution in [1.29, 1.82) is 0 Å². The van der Waals surface area contributed by atoms with E-state index in [4.69, 9.17) is 0 Å². The van der Waals surface area contributed by atoms with Crippen LogP contribution >= 0.6 is 35.3 Å². The van der Waals surface area contributed by atoms with Gasteiger partial charge in [0.05, 0.1) is 12.3 Å². The van der Waals surface area contributed by atoms with Gasteiger partial charge >= 0.3 is 0 Å². The van der Waals surface area contributed by atoms with E-state index in [1.807, 2.05) is 6.92 Å². The van der Waals surface area contributed by atoms with Crippen molar-refractivity contribution in [2.45, 2.75) is 33.7 Å². The van der Waals surface area contributed by atoms with Gasteiger partial charge in [-0.05, 0) is 25.5 Å². The van der Waals surface area contributed by atoms with E-state index in [1.54, 1.807) is 18.3 Å². The third kappa shape index (κ3) is 8.33. The predicted molar refractivity (Wildman–Crippen MR) is 106 cm³/mol. The maximum Gasteiger partial charge on any atom is 0.191 e. The van der Waals surface area contributed by atoms with Crippen molar-refractivity contribution in [1.82, 2.24) is 10.6 Å². The van der Waals surface area contributed by atoms with Crippen LogP contribution in [0.3, 0.4) is 0 Å².